The highest BCUT2D eigenvalue weighted by Gasteiger charge is 2.57. The lowest BCUT2D eigenvalue weighted by Gasteiger charge is -2.31. The minimum atomic E-state index is -0.206. The van der Waals surface area contributed by atoms with Crippen LogP contribution >= 0.6 is 0 Å². The molecule has 0 radical (unpaired) electrons. The number of hydrogen-bond acceptors (Lipinski definition) is 3. The summed E-state index contributed by atoms with van der Waals surface area (Å²) in [7, 11) is 0. The summed E-state index contributed by atoms with van der Waals surface area (Å²) in [6.45, 7) is 8.60. The molecule has 1 saturated heterocycles. The highest BCUT2D eigenvalue weighted by atomic mass is 16.2. The van der Waals surface area contributed by atoms with Crippen LogP contribution in [0.3, 0.4) is 0 Å². The molecule has 3 atom stereocenters. The average molecular weight is 371 g/mol. The zero-order valence-corrected chi connectivity index (χ0v) is 16.9. The Morgan fingerprint density at radius 3 is 2.63 bits per heavy atom. The Morgan fingerprint density at radius 1 is 1.19 bits per heavy atom. The Hall–Kier alpha value is -1.36. The van der Waals surface area contributed by atoms with Gasteiger partial charge >= 0.3 is 0 Å². The average Bonchev–Trinajstić information content (AvgIpc) is 3.16. The van der Waals surface area contributed by atoms with E-state index in [0.717, 1.165) is 26.2 Å². The van der Waals surface area contributed by atoms with Crippen LogP contribution in [-0.2, 0) is 24.3 Å². The van der Waals surface area contributed by atoms with Gasteiger partial charge in [0.05, 0.1) is 5.69 Å². The molecule has 3 fully saturated rings. The van der Waals surface area contributed by atoms with E-state index in [1.807, 2.05) is 0 Å². The number of nitrogens with one attached hydrogen (secondary N) is 1. The third kappa shape index (κ3) is 3.22. The molecule has 148 valence electrons. The Kier molecular flexibility index (Phi) is 4.34. The second kappa shape index (κ2) is 6.61. The molecule has 1 aromatic rings. The number of carbonyl (C=O) groups is 1. The summed E-state index contributed by atoms with van der Waals surface area (Å²) < 4.78 is 2.21. The van der Waals surface area contributed by atoms with Gasteiger partial charge in [-0.3, -0.25) is 14.4 Å². The van der Waals surface area contributed by atoms with Crippen molar-refractivity contribution in [2.24, 2.45) is 23.2 Å². The third-order valence-electron chi connectivity index (χ3n) is 7.88. The number of carbonyl (C=O) groups excluding carboxylic acids is 1. The lowest BCUT2D eigenvalue weighted by Crippen LogP contribution is -2.44. The Bertz CT molecular complexity index is 682. The Balaban J connectivity index is 1.12. The molecule has 5 heteroatoms. The van der Waals surface area contributed by atoms with Crippen LogP contribution in [0.5, 0.6) is 0 Å². The number of aromatic nitrogens is 2. The van der Waals surface area contributed by atoms with Crippen molar-refractivity contribution in [2.75, 3.05) is 13.1 Å². The molecule has 0 aromatic carbocycles. The van der Waals surface area contributed by atoms with E-state index in [-0.39, 0.29) is 5.41 Å². The van der Waals surface area contributed by atoms with Crippen molar-refractivity contribution in [3.05, 3.63) is 17.5 Å². The monoisotopic (exact) mass is 370 g/mol. The molecule has 0 bridgehead atoms. The van der Waals surface area contributed by atoms with Gasteiger partial charge in [-0.1, -0.05) is 26.7 Å². The van der Waals surface area contributed by atoms with Crippen molar-refractivity contribution >= 4 is 5.91 Å². The number of aryl methyl sites for hydroxylation is 2. The summed E-state index contributed by atoms with van der Waals surface area (Å²) in [5, 5.41) is 8.22. The first kappa shape index (κ1) is 17.7. The fraction of sp³-hybridized carbons (Fsp3) is 0.818. The number of piperidine rings is 1. The van der Waals surface area contributed by atoms with E-state index >= 15 is 0 Å². The lowest BCUT2D eigenvalue weighted by atomic mass is 9.77. The van der Waals surface area contributed by atoms with Crippen molar-refractivity contribution in [2.45, 2.75) is 77.9 Å². The molecule has 2 saturated carbocycles. The van der Waals surface area contributed by atoms with Crippen molar-refractivity contribution in [3.63, 3.8) is 0 Å². The number of likely N-dealkylation sites (tertiary alicyclic amines) is 1. The lowest BCUT2D eigenvalue weighted by molar-refractivity contribution is -0.132. The van der Waals surface area contributed by atoms with E-state index in [2.05, 4.69) is 34.8 Å². The molecular weight excluding hydrogens is 336 g/mol. The van der Waals surface area contributed by atoms with E-state index in [9.17, 15) is 4.79 Å². The summed E-state index contributed by atoms with van der Waals surface area (Å²) in [5.74, 6) is 2.18. The SMILES string of the molecule is CC(C)(C(=O)NC1[C@H]2CN(Cc3cc4n(n3)CCCC4)C[C@@H]12)C1CCCC1. The van der Waals surface area contributed by atoms with Gasteiger partial charge in [-0.15, -0.1) is 0 Å². The predicted octanol–water partition coefficient (Wildman–Crippen LogP) is 2.98. The maximum absolute atomic E-state index is 12.9. The summed E-state index contributed by atoms with van der Waals surface area (Å²) in [4.78, 5) is 15.4. The molecule has 1 unspecified atom stereocenters. The van der Waals surface area contributed by atoms with Gasteiger partial charge < -0.3 is 5.32 Å². The van der Waals surface area contributed by atoms with Crippen molar-refractivity contribution < 1.29 is 4.79 Å². The van der Waals surface area contributed by atoms with Gasteiger partial charge in [0.25, 0.3) is 0 Å². The summed E-state index contributed by atoms with van der Waals surface area (Å²) in [6.07, 6.45) is 8.78. The first-order valence-corrected chi connectivity index (χ1v) is 11.1. The van der Waals surface area contributed by atoms with Crippen LogP contribution in [-0.4, -0.2) is 39.7 Å². The molecule has 2 aliphatic carbocycles. The normalized spacial score (nSPS) is 31.0. The number of nitrogens with zero attached hydrogens (tertiary/aromatic N) is 3. The van der Waals surface area contributed by atoms with Crippen LogP contribution < -0.4 is 5.32 Å². The molecule has 1 aromatic heterocycles. The predicted molar refractivity (Wildman–Crippen MR) is 105 cm³/mol. The quantitative estimate of drug-likeness (QED) is 0.867. The maximum atomic E-state index is 12.9. The molecule has 5 nitrogen and oxygen atoms in total. The zero-order chi connectivity index (χ0) is 18.6. The molecule has 3 heterocycles. The van der Waals surface area contributed by atoms with Crippen LogP contribution in [0, 0.1) is 23.2 Å². The second-order valence-electron chi connectivity index (χ2n) is 10.0. The summed E-state index contributed by atoms with van der Waals surface area (Å²) in [5.41, 5.74) is 2.44. The fourth-order valence-electron chi connectivity index (χ4n) is 5.91. The van der Waals surface area contributed by atoms with Crippen LogP contribution in [0.15, 0.2) is 6.07 Å². The summed E-state index contributed by atoms with van der Waals surface area (Å²) in [6, 6.07) is 2.73. The first-order chi connectivity index (χ1) is 13.0. The molecule has 2 aliphatic heterocycles. The van der Waals surface area contributed by atoms with Gasteiger partial charge in [0.15, 0.2) is 0 Å². The zero-order valence-electron chi connectivity index (χ0n) is 16.9. The smallest absolute Gasteiger partial charge is 0.226 e. The van der Waals surface area contributed by atoms with Crippen molar-refractivity contribution in [1.29, 1.82) is 0 Å². The standard InChI is InChI=1S/C22H34N4O/c1-22(2,15-7-3-4-8-15)21(27)23-20-18-13-25(14-19(18)20)12-16-11-17-9-5-6-10-26(17)24-16/h11,15,18-20H,3-10,12-14H2,1-2H3,(H,23,27)/t18-,19+,20?. The number of fused-ring (bicyclic) bond motifs is 2. The largest absolute Gasteiger partial charge is 0.352 e. The van der Waals surface area contributed by atoms with E-state index in [4.69, 9.17) is 5.10 Å². The Morgan fingerprint density at radius 2 is 1.93 bits per heavy atom. The molecular formula is C22H34N4O. The van der Waals surface area contributed by atoms with Crippen molar-refractivity contribution in [1.82, 2.24) is 20.0 Å². The maximum Gasteiger partial charge on any atom is 0.226 e. The fourth-order valence-corrected chi connectivity index (χ4v) is 5.91. The molecule has 0 spiro atoms. The number of amides is 1. The van der Waals surface area contributed by atoms with E-state index < -0.39 is 0 Å². The van der Waals surface area contributed by atoms with E-state index in [1.54, 1.807) is 0 Å². The van der Waals surface area contributed by atoms with Crippen LogP contribution in [0.1, 0.15) is 63.8 Å². The molecule has 4 aliphatic rings. The third-order valence-corrected chi connectivity index (χ3v) is 7.88. The van der Waals surface area contributed by atoms with E-state index in [1.165, 1.54) is 56.3 Å². The van der Waals surface area contributed by atoms with Gasteiger partial charge in [-0.2, -0.15) is 5.10 Å². The highest BCUT2D eigenvalue weighted by molar-refractivity contribution is 5.83. The van der Waals surface area contributed by atoms with Crippen LogP contribution in [0.2, 0.25) is 0 Å². The topological polar surface area (TPSA) is 50.2 Å². The van der Waals surface area contributed by atoms with E-state index in [0.29, 0.717) is 29.7 Å². The second-order valence-corrected chi connectivity index (χ2v) is 10.0. The van der Waals surface area contributed by atoms with Gasteiger partial charge in [-0.05, 0) is 55.9 Å². The molecule has 1 amide bonds. The van der Waals surface area contributed by atoms with Gasteiger partial charge in [0.2, 0.25) is 5.91 Å². The first-order valence-electron chi connectivity index (χ1n) is 11.1. The van der Waals surface area contributed by atoms with Crippen molar-refractivity contribution in [3.8, 4) is 0 Å². The molecule has 1 N–H and O–H groups in total. The minimum Gasteiger partial charge on any atom is -0.352 e. The van der Waals surface area contributed by atoms with Crippen LogP contribution in [0.4, 0.5) is 0 Å². The summed E-state index contributed by atoms with van der Waals surface area (Å²) >= 11 is 0. The van der Waals surface area contributed by atoms with Crippen LogP contribution in [0.25, 0.3) is 0 Å². The highest BCUT2D eigenvalue weighted by Crippen LogP contribution is 2.47. The van der Waals surface area contributed by atoms with Gasteiger partial charge in [-0.25, -0.2) is 0 Å². The molecule has 27 heavy (non-hydrogen) atoms. The number of rotatable bonds is 5. The Labute approximate surface area is 162 Å². The van der Waals surface area contributed by atoms with Gasteiger partial charge in [0.1, 0.15) is 0 Å². The minimum absolute atomic E-state index is 0.206. The number of hydrogen-bond donors (Lipinski definition) is 1. The van der Waals surface area contributed by atoms with Gasteiger partial charge in [0, 0.05) is 43.3 Å². The molecule has 5 rings (SSSR count).